The highest BCUT2D eigenvalue weighted by molar-refractivity contribution is 9.10. The van der Waals surface area contributed by atoms with Crippen molar-refractivity contribution in [1.29, 1.82) is 0 Å². The number of H-pyrrole nitrogens is 1. The van der Waals surface area contributed by atoms with E-state index in [9.17, 15) is 0 Å². The third-order valence-electron chi connectivity index (χ3n) is 3.74. The maximum absolute atomic E-state index is 4.61. The minimum absolute atomic E-state index is 0.238. The molecule has 96 valence electrons. The molecule has 0 amide bonds. The van der Waals surface area contributed by atoms with E-state index in [2.05, 4.69) is 42.7 Å². The number of hydrogen-bond donors (Lipinski definition) is 2. The summed E-state index contributed by atoms with van der Waals surface area (Å²) >= 11 is 5.22. The summed E-state index contributed by atoms with van der Waals surface area (Å²) in [6.07, 6.45) is 5.73. The van der Waals surface area contributed by atoms with Crippen LogP contribution in [-0.4, -0.2) is 23.6 Å². The van der Waals surface area contributed by atoms with Gasteiger partial charge in [0.1, 0.15) is 5.82 Å². The van der Waals surface area contributed by atoms with Gasteiger partial charge in [-0.2, -0.15) is 0 Å². The molecule has 2 heterocycles. The van der Waals surface area contributed by atoms with Gasteiger partial charge in [0.05, 0.1) is 16.8 Å². The van der Waals surface area contributed by atoms with E-state index in [1.807, 2.05) is 13.2 Å². The second kappa shape index (κ2) is 4.79. The topological polar surface area (TPSA) is 40.7 Å². The normalized spacial score (nSPS) is 17.7. The van der Waals surface area contributed by atoms with Gasteiger partial charge in [-0.3, -0.25) is 0 Å². The van der Waals surface area contributed by atoms with Crippen molar-refractivity contribution in [1.82, 2.24) is 15.3 Å². The predicted octanol–water partition coefficient (Wildman–Crippen LogP) is 3.54. The van der Waals surface area contributed by atoms with E-state index in [1.165, 1.54) is 24.1 Å². The molecule has 5 heteroatoms. The predicted molar refractivity (Wildman–Crippen MR) is 79.1 cm³/mol. The van der Waals surface area contributed by atoms with Gasteiger partial charge in [-0.25, -0.2) is 4.98 Å². The van der Waals surface area contributed by atoms with Crippen molar-refractivity contribution in [3.63, 3.8) is 0 Å². The summed E-state index contributed by atoms with van der Waals surface area (Å²) in [4.78, 5) is 9.35. The Balaban J connectivity index is 1.89. The highest BCUT2D eigenvalue weighted by Gasteiger charge is 2.40. The fourth-order valence-electron chi connectivity index (χ4n) is 2.61. The molecule has 0 aromatic carbocycles. The van der Waals surface area contributed by atoms with Gasteiger partial charge >= 0.3 is 0 Å². The lowest BCUT2D eigenvalue weighted by atomic mass is 9.68. The zero-order chi connectivity index (χ0) is 12.6. The molecule has 0 bridgehead atoms. The van der Waals surface area contributed by atoms with Crippen LogP contribution in [0.1, 0.15) is 25.1 Å². The first kappa shape index (κ1) is 12.4. The van der Waals surface area contributed by atoms with Crippen LogP contribution in [0.3, 0.4) is 0 Å². The number of nitrogens with one attached hydrogen (secondary N) is 2. The van der Waals surface area contributed by atoms with Crippen molar-refractivity contribution in [3.05, 3.63) is 27.9 Å². The van der Waals surface area contributed by atoms with Gasteiger partial charge in [-0.05, 0) is 41.9 Å². The fourth-order valence-corrected chi connectivity index (χ4v) is 4.00. The van der Waals surface area contributed by atoms with Crippen molar-refractivity contribution in [2.75, 3.05) is 13.6 Å². The molecule has 0 unspecified atom stereocenters. The Morgan fingerprint density at radius 1 is 1.56 bits per heavy atom. The molecular weight excluding hydrogens is 310 g/mol. The Morgan fingerprint density at radius 2 is 2.39 bits per heavy atom. The quantitative estimate of drug-likeness (QED) is 0.902. The molecule has 3 nitrogen and oxygen atoms in total. The third kappa shape index (κ3) is 2.04. The van der Waals surface area contributed by atoms with Crippen molar-refractivity contribution in [2.24, 2.45) is 0 Å². The van der Waals surface area contributed by atoms with Crippen LogP contribution in [0.5, 0.6) is 0 Å². The number of thiophene rings is 1. The summed E-state index contributed by atoms with van der Waals surface area (Å²) in [5, 5.41) is 5.40. The number of hydrogen-bond acceptors (Lipinski definition) is 3. The molecule has 0 aliphatic heterocycles. The highest BCUT2D eigenvalue weighted by Crippen LogP contribution is 2.42. The summed E-state index contributed by atoms with van der Waals surface area (Å²) in [6, 6.07) is 2.13. The number of imidazole rings is 1. The first-order valence-corrected chi connectivity index (χ1v) is 7.85. The number of aromatic nitrogens is 2. The lowest BCUT2D eigenvalue weighted by Crippen LogP contribution is -2.43. The van der Waals surface area contributed by atoms with E-state index < -0.39 is 0 Å². The van der Waals surface area contributed by atoms with E-state index >= 15 is 0 Å². The molecular formula is C13H16BrN3S. The van der Waals surface area contributed by atoms with Crippen LogP contribution in [0.15, 0.2) is 22.1 Å². The second-order valence-corrected chi connectivity index (χ2v) is 6.77. The van der Waals surface area contributed by atoms with E-state index in [0.717, 1.165) is 22.5 Å². The summed E-state index contributed by atoms with van der Waals surface area (Å²) in [5.41, 5.74) is 1.37. The number of nitrogens with zero attached hydrogens (tertiary/aromatic N) is 1. The van der Waals surface area contributed by atoms with Crippen LogP contribution < -0.4 is 5.32 Å². The number of rotatable bonds is 4. The standard InChI is InChI=1S/C13H16BrN3S/c1-15-8-13(3-2-4-13)12-16-6-10(17-12)11-5-9(14)7-18-11/h5-7,15H,2-4,8H2,1H3,(H,16,17). The van der Waals surface area contributed by atoms with Crippen molar-refractivity contribution < 1.29 is 0 Å². The average Bonchev–Trinajstić information content (AvgIpc) is 2.92. The molecule has 1 fully saturated rings. The van der Waals surface area contributed by atoms with Crippen molar-refractivity contribution >= 4 is 27.3 Å². The molecule has 0 radical (unpaired) electrons. The van der Waals surface area contributed by atoms with Gasteiger partial charge in [0.15, 0.2) is 0 Å². The van der Waals surface area contributed by atoms with Crippen LogP contribution in [0.4, 0.5) is 0 Å². The minimum atomic E-state index is 0.238. The first-order chi connectivity index (χ1) is 8.73. The molecule has 0 atom stereocenters. The lowest BCUT2D eigenvalue weighted by molar-refractivity contribution is 0.226. The molecule has 0 spiro atoms. The molecule has 1 aliphatic rings. The molecule has 0 saturated heterocycles. The maximum atomic E-state index is 4.61. The average molecular weight is 326 g/mol. The highest BCUT2D eigenvalue weighted by atomic mass is 79.9. The summed E-state index contributed by atoms with van der Waals surface area (Å²) < 4.78 is 1.13. The van der Waals surface area contributed by atoms with Gasteiger partial charge in [0, 0.05) is 21.8 Å². The largest absolute Gasteiger partial charge is 0.341 e. The van der Waals surface area contributed by atoms with Crippen LogP contribution in [0.25, 0.3) is 10.6 Å². The summed E-state index contributed by atoms with van der Waals surface area (Å²) in [6.45, 7) is 1.01. The van der Waals surface area contributed by atoms with Gasteiger partial charge < -0.3 is 10.3 Å². The van der Waals surface area contributed by atoms with Crippen LogP contribution in [0.2, 0.25) is 0 Å². The number of likely N-dealkylation sites (N-methyl/N-ethyl adjacent to an activating group) is 1. The van der Waals surface area contributed by atoms with Crippen molar-refractivity contribution in [3.8, 4) is 10.6 Å². The maximum Gasteiger partial charge on any atom is 0.114 e. The molecule has 2 aromatic rings. The Morgan fingerprint density at radius 3 is 2.94 bits per heavy atom. The van der Waals surface area contributed by atoms with E-state index in [0.29, 0.717) is 0 Å². The smallest absolute Gasteiger partial charge is 0.114 e. The third-order valence-corrected chi connectivity index (χ3v) is 5.46. The van der Waals surface area contributed by atoms with E-state index in [4.69, 9.17) is 0 Å². The Kier molecular flexibility index (Phi) is 3.30. The Hall–Kier alpha value is -0.650. The molecule has 1 saturated carbocycles. The van der Waals surface area contributed by atoms with Gasteiger partial charge in [0.2, 0.25) is 0 Å². The van der Waals surface area contributed by atoms with Gasteiger partial charge in [0.25, 0.3) is 0 Å². The molecule has 2 N–H and O–H groups in total. The van der Waals surface area contributed by atoms with Gasteiger partial charge in [-0.15, -0.1) is 11.3 Å². The van der Waals surface area contributed by atoms with Crippen LogP contribution >= 0.6 is 27.3 Å². The van der Waals surface area contributed by atoms with Gasteiger partial charge in [-0.1, -0.05) is 6.42 Å². The molecule has 3 rings (SSSR count). The number of aromatic amines is 1. The first-order valence-electron chi connectivity index (χ1n) is 6.18. The second-order valence-electron chi connectivity index (χ2n) is 4.94. The SMILES string of the molecule is CNCC1(c2ncc(-c3cc(Br)cs3)[nH]2)CCC1. The van der Waals surface area contributed by atoms with E-state index in [1.54, 1.807) is 11.3 Å². The molecule has 2 aromatic heterocycles. The van der Waals surface area contributed by atoms with Crippen molar-refractivity contribution in [2.45, 2.75) is 24.7 Å². The zero-order valence-corrected chi connectivity index (χ0v) is 12.7. The Labute approximate surface area is 119 Å². The monoisotopic (exact) mass is 325 g/mol. The summed E-state index contributed by atoms with van der Waals surface area (Å²) in [7, 11) is 2.01. The lowest BCUT2D eigenvalue weighted by Gasteiger charge is -2.40. The minimum Gasteiger partial charge on any atom is -0.341 e. The van der Waals surface area contributed by atoms with Crippen LogP contribution in [-0.2, 0) is 5.41 Å². The van der Waals surface area contributed by atoms with Crippen LogP contribution in [0, 0.1) is 0 Å². The molecule has 1 aliphatic carbocycles. The summed E-state index contributed by atoms with van der Waals surface area (Å²) in [5.74, 6) is 1.14. The molecule has 18 heavy (non-hydrogen) atoms. The Bertz CT molecular complexity index is 542. The number of halogens is 1. The zero-order valence-electron chi connectivity index (χ0n) is 10.3. The van der Waals surface area contributed by atoms with E-state index in [-0.39, 0.29) is 5.41 Å². The fraction of sp³-hybridized carbons (Fsp3) is 0.462.